The van der Waals surface area contributed by atoms with Gasteiger partial charge in [-0.25, -0.2) is 9.37 Å². The molecule has 1 fully saturated rings. The normalized spacial score (nSPS) is 15.2. The molecule has 1 aliphatic rings. The van der Waals surface area contributed by atoms with Crippen LogP contribution in [0.2, 0.25) is 0 Å². The Kier molecular flexibility index (Phi) is 8.23. The number of nitrogens with one attached hydrogen (secondary N) is 1. The van der Waals surface area contributed by atoms with E-state index in [1.807, 2.05) is 0 Å². The van der Waals surface area contributed by atoms with Crippen molar-refractivity contribution in [3.63, 3.8) is 0 Å². The van der Waals surface area contributed by atoms with Gasteiger partial charge in [-0.1, -0.05) is 0 Å². The number of carbonyl (C=O) groups is 1. The molecule has 3 N–H and O–H groups in total. The van der Waals surface area contributed by atoms with Crippen molar-refractivity contribution in [3.05, 3.63) is 48.4 Å². The van der Waals surface area contributed by atoms with Gasteiger partial charge >= 0.3 is 0 Å². The molecule has 3 rings (SSSR count). The van der Waals surface area contributed by atoms with Gasteiger partial charge in [0.15, 0.2) is 0 Å². The highest BCUT2D eigenvalue weighted by molar-refractivity contribution is 5.97. The average Bonchev–Trinajstić information content (AvgIpc) is 2.59. The van der Waals surface area contributed by atoms with Gasteiger partial charge in [-0.15, -0.1) is 24.8 Å². The minimum absolute atomic E-state index is 0. The van der Waals surface area contributed by atoms with E-state index >= 15 is 0 Å². The summed E-state index contributed by atoms with van der Waals surface area (Å²) in [6.07, 6.45) is 2.45. The van der Waals surface area contributed by atoms with E-state index in [1.54, 1.807) is 12.1 Å². The maximum absolute atomic E-state index is 12.9. The van der Waals surface area contributed by atoms with E-state index in [0.717, 1.165) is 0 Å². The van der Waals surface area contributed by atoms with Crippen LogP contribution in [0.3, 0.4) is 0 Å². The number of amides is 1. The van der Waals surface area contributed by atoms with Gasteiger partial charge < -0.3 is 20.5 Å². The molecule has 0 spiro atoms. The Morgan fingerprint density at radius 1 is 1.15 bits per heavy atom. The lowest BCUT2D eigenvalue weighted by molar-refractivity contribution is -0.124. The second-order valence-corrected chi connectivity index (χ2v) is 5.66. The molecule has 1 aliphatic heterocycles. The van der Waals surface area contributed by atoms with Crippen LogP contribution >= 0.6 is 24.8 Å². The summed E-state index contributed by atoms with van der Waals surface area (Å²) in [5, 5.41) is 2.76. The minimum Gasteiger partial charge on any atom is -0.439 e. The molecule has 9 heteroatoms. The maximum Gasteiger partial charge on any atom is 0.244 e. The fourth-order valence-corrected chi connectivity index (χ4v) is 2.36. The summed E-state index contributed by atoms with van der Waals surface area (Å²) in [5.74, 6) is 0.230. The molecule has 2 aromatic rings. The lowest BCUT2D eigenvalue weighted by Crippen LogP contribution is -2.54. The van der Waals surface area contributed by atoms with Gasteiger partial charge in [0, 0.05) is 19.3 Å². The lowest BCUT2D eigenvalue weighted by atomic mass is 9.90. The summed E-state index contributed by atoms with van der Waals surface area (Å²) < 4.78 is 23.6. The molecular weight excluding hydrogens is 384 g/mol. The standard InChI is InChI=1S/C17H18FN3O3.2ClH/c18-12-1-4-14(5-2-12)24-15-6-3-13(11-20-15)21-16(22)17(19)7-9-23-10-8-17;;/h1-6,11H,7-10,19H2,(H,21,22);2*1H. The van der Waals surface area contributed by atoms with E-state index in [4.69, 9.17) is 15.2 Å². The van der Waals surface area contributed by atoms with Crippen LogP contribution in [0.5, 0.6) is 11.6 Å². The van der Waals surface area contributed by atoms with Crippen LogP contribution in [-0.4, -0.2) is 29.6 Å². The molecule has 1 aromatic carbocycles. The number of aromatic nitrogens is 1. The molecule has 0 unspecified atom stereocenters. The molecule has 0 atom stereocenters. The summed E-state index contributed by atoms with van der Waals surface area (Å²) in [4.78, 5) is 16.4. The van der Waals surface area contributed by atoms with Gasteiger partial charge in [-0.05, 0) is 43.2 Å². The van der Waals surface area contributed by atoms with Crippen LogP contribution in [-0.2, 0) is 9.53 Å². The number of hydrogen-bond donors (Lipinski definition) is 2. The molecule has 0 aliphatic carbocycles. The molecule has 0 bridgehead atoms. The van der Waals surface area contributed by atoms with E-state index in [-0.39, 0.29) is 36.5 Å². The summed E-state index contributed by atoms with van der Waals surface area (Å²) in [6, 6.07) is 8.92. The number of nitrogens with zero attached hydrogens (tertiary/aromatic N) is 1. The van der Waals surface area contributed by atoms with Gasteiger partial charge in [-0.3, -0.25) is 4.79 Å². The zero-order valence-corrected chi connectivity index (χ0v) is 15.4. The predicted octanol–water partition coefficient (Wildman–Crippen LogP) is 3.30. The number of carbonyl (C=O) groups excluding carboxylic acids is 1. The molecule has 26 heavy (non-hydrogen) atoms. The third-order valence-corrected chi connectivity index (χ3v) is 3.87. The second kappa shape index (κ2) is 9.68. The SMILES string of the molecule is Cl.Cl.NC1(C(=O)Nc2ccc(Oc3ccc(F)cc3)nc2)CCOCC1. The summed E-state index contributed by atoms with van der Waals surface area (Å²) in [7, 11) is 0. The van der Waals surface area contributed by atoms with Crippen molar-refractivity contribution in [2.45, 2.75) is 18.4 Å². The summed E-state index contributed by atoms with van der Waals surface area (Å²) in [5.41, 5.74) is 5.74. The topological polar surface area (TPSA) is 86.5 Å². The van der Waals surface area contributed by atoms with Crippen LogP contribution in [0.4, 0.5) is 10.1 Å². The fraction of sp³-hybridized carbons (Fsp3) is 0.294. The third-order valence-electron chi connectivity index (χ3n) is 3.87. The van der Waals surface area contributed by atoms with E-state index in [9.17, 15) is 9.18 Å². The van der Waals surface area contributed by atoms with Gasteiger partial charge in [0.1, 0.15) is 17.1 Å². The molecule has 0 saturated carbocycles. The summed E-state index contributed by atoms with van der Waals surface area (Å²) in [6.45, 7) is 0.958. The van der Waals surface area contributed by atoms with Gasteiger partial charge in [0.25, 0.3) is 0 Å². The number of ether oxygens (including phenoxy) is 2. The van der Waals surface area contributed by atoms with Crippen molar-refractivity contribution in [1.29, 1.82) is 0 Å². The van der Waals surface area contributed by atoms with Gasteiger partial charge in [-0.2, -0.15) is 0 Å². The lowest BCUT2D eigenvalue weighted by Gasteiger charge is -2.31. The molecule has 1 saturated heterocycles. The van der Waals surface area contributed by atoms with E-state index in [1.165, 1.54) is 30.5 Å². The van der Waals surface area contributed by atoms with Crippen molar-refractivity contribution in [2.75, 3.05) is 18.5 Å². The number of pyridine rings is 1. The average molecular weight is 404 g/mol. The first-order chi connectivity index (χ1) is 11.5. The number of halogens is 3. The zero-order valence-electron chi connectivity index (χ0n) is 13.8. The van der Waals surface area contributed by atoms with Crippen molar-refractivity contribution in [2.24, 2.45) is 5.73 Å². The van der Waals surface area contributed by atoms with Crippen LogP contribution in [0.25, 0.3) is 0 Å². The second-order valence-electron chi connectivity index (χ2n) is 5.66. The Balaban J connectivity index is 0.00000169. The Labute approximate surface area is 163 Å². The molecule has 1 aromatic heterocycles. The van der Waals surface area contributed by atoms with Crippen LogP contribution in [0.15, 0.2) is 42.6 Å². The predicted molar refractivity (Wildman–Crippen MR) is 101 cm³/mol. The van der Waals surface area contributed by atoms with Crippen LogP contribution in [0, 0.1) is 5.82 Å². The van der Waals surface area contributed by atoms with E-state index in [0.29, 0.717) is 43.4 Å². The van der Waals surface area contributed by atoms with Crippen molar-refractivity contribution in [3.8, 4) is 11.6 Å². The number of nitrogens with two attached hydrogens (primary N) is 1. The van der Waals surface area contributed by atoms with E-state index < -0.39 is 5.54 Å². The Morgan fingerprint density at radius 3 is 2.38 bits per heavy atom. The zero-order chi connectivity index (χ0) is 17.0. The van der Waals surface area contributed by atoms with Gasteiger partial charge in [0.05, 0.1) is 11.9 Å². The Morgan fingerprint density at radius 2 is 1.81 bits per heavy atom. The Hall–Kier alpha value is -1.93. The molecule has 0 radical (unpaired) electrons. The molecule has 2 heterocycles. The molecular formula is C17H20Cl2FN3O3. The van der Waals surface area contributed by atoms with Crippen LogP contribution < -0.4 is 15.8 Å². The van der Waals surface area contributed by atoms with Crippen molar-refractivity contribution >= 4 is 36.4 Å². The fourth-order valence-electron chi connectivity index (χ4n) is 2.36. The first kappa shape index (κ1) is 22.1. The van der Waals surface area contributed by atoms with Gasteiger partial charge in [0.2, 0.25) is 11.8 Å². The number of benzene rings is 1. The molecule has 1 amide bonds. The molecule has 142 valence electrons. The number of hydrogen-bond acceptors (Lipinski definition) is 5. The van der Waals surface area contributed by atoms with Crippen molar-refractivity contribution in [1.82, 2.24) is 4.98 Å². The monoisotopic (exact) mass is 403 g/mol. The first-order valence-corrected chi connectivity index (χ1v) is 7.63. The van der Waals surface area contributed by atoms with Crippen LogP contribution in [0.1, 0.15) is 12.8 Å². The van der Waals surface area contributed by atoms with E-state index in [2.05, 4.69) is 10.3 Å². The quantitative estimate of drug-likeness (QED) is 0.817. The number of rotatable bonds is 4. The largest absolute Gasteiger partial charge is 0.439 e. The highest BCUT2D eigenvalue weighted by atomic mass is 35.5. The smallest absolute Gasteiger partial charge is 0.244 e. The highest BCUT2D eigenvalue weighted by Crippen LogP contribution is 2.23. The maximum atomic E-state index is 12.9. The number of anilines is 1. The highest BCUT2D eigenvalue weighted by Gasteiger charge is 2.35. The minimum atomic E-state index is -0.915. The summed E-state index contributed by atoms with van der Waals surface area (Å²) >= 11 is 0. The molecule has 6 nitrogen and oxygen atoms in total. The Bertz CT molecular complexity index is 708. The first-order valence-electron chi connectivity index (χ1n) is 7.63. The third kappa shape index (κ3) is 5.54. The van der Waals surface area contributed by atoms with Crippen molar-refractivity contribution < 1.29 is 18.7 Å².